The first kappa shape index (κ1) is 18.3. The van der Waals surface area contributed by atoms with Gasteiger partial charge in [-0.2, -0.15) is 0 Å². The van der Waals surface area contributed by atoms with Gasteiger partial charge in [-0.3, -0.25) is 4.79 Å². The number of carbonyl (C=O) groups excluding carboxylic acids is 2. The molecule has 5 nitrogen and oxygen atoms in total. The van der Waals surface area contributed by atoms with Gasteiger partial charge in [-0.15, -0.1) is 0 Å². The van der Waals surface area contributed by atoms with Crippen LogP contribution in [0.4, 0.5) is 4.79 Å². The molecule has 2 atom stereocenters. The fourth-order valence-corrected chi connectivity index (χ4v) is 5.00. The van der Waals surface area contributed by atoms with Crippen molar-refractivity contribution in [3.63, 3.8) is 0 Å². The Labute approximate surface area is 162 Å². The summed E-state index contributed by atoms with van der Waals surface area (Å²) in [6, 6.07) is 10.8. The third-order valence-electron chi connectivity index (χ3n) is 6.51. The van der Waals surface area contributed by atoms with E-state index in [4.69, 9.17) is 0 Å². The minimum absolute atomic E-state index is 0.0714. The maximum atomic E-state index is 12.8. The molecule has 1 aromatic carbocycles. The molecular weight excluding hydrogens is 338 g/mol. The Bertz CT molecular complexity index is 657. The zero-order valence-electron chi connectivity index (χ0n) is 16.1. The highest BCUT2D eigenvalue weighted by Crippen LogP contribution is 2.32. The molecule has 0 aromatic heterocycles. The molecule has 5 heteroatoms. The van der Waals surface area contributed by atoms with Crippen molar-refractivity contribution < 1.29 is 9.59 Å². The Morgan fingerprint density at radius 3 is 2.56 bits per heavy atom. The monoisotopic (exact) mass is 369 g/mol. The molecule has 3 amide bonds. The molecule has 3 fully saturated rings. The molecule has 146 valence electrons. The number of nitrogens with one attached hydrogen (secondary N) is 1. The van der Waals surface area contributed by atoms with Crippen LogP contribution in [0.5, 0.6) is 0 Å². The fourth-order valence-electron chi connectivity index (χ4n) is 5.00. The Hall–Kier alpha value is -2.04. The van der Waals surface area contributed by atoms with E-state index in [1.165, 1.54) is 19.3 Å². The van der Waals surface area contributed by atoms with E-state index in [2.05, 4.69) is 17.4 Å². The molecule has 2 unspecified atom stereocenters. The number of amides is 3. The van der Waals surface area contributed by atoms with Gasteiger partial charge < -0.3 is 15.1 Å². The van der Waals surface area contributed by atoms with E-state index in [1.54, 1.807) is 0 Å². The van der Waals surface area contributed by atoms with E-state index < -0.39 is 0 Å². The molecule has 2 heterocycles. The number of urea groups is 1. The van der Waals surface area contributed by atoms with Gasteiger partial charge in [-0.05, 0) is 37.2 Å². The number of nitrogens with zero attached hydrogens (tertiary/aromatic N) is 2. The Morgan fingerprint density at radius 2 is 1.78 bits per heavy atom. The van der Waals surface area contributed by atoms with Gasteiger partial charge in [0.25, 0.3) is 0 Å². The lowest BCUT2D eigenvalue weighted by Crippen LogP contribution is -2.47. The first-order valence-corrected chi connectivity index (χ1v) is 10.6. The molecule has 0 spiro atoms. The predicted molar refractivity (Wildman–Crippen MR) is 105 cm³/mol. The van der Waals surface area contributed by atoms with Gasteiger partial charge in [-0.1, -0.05) is 49.6 Å². The third-order valence-corrected chi connectivity index (χ3v) is 6.51. The summed E-state index contributed by atoms with van der Waals surface area (Å²) in [5.74, 6) is 0.637. The summed E-state index contributed by atoms with van der Waals surface area (Å²) in [5, 5.41) is 3.25. The summed E-state index contributed by atoms with van der Waals surface area (Å²) in [4.78, 5) is 29.6. The van der Waals surface area contributed by atoms with Crippen molar-refractivity contribution in [2.24, 2.45) is 5.92 Å². The number of hydrogen-bond acceptors (Lipinski definition) is 2. The van der Waals surface area contributed by atoms with Crippen LogP contribution in [-0.4, -0.2) is 46.9 Å². The second kappa shape index (κ2) is 8.32. The van der Waals surface area contributed by atoms with Crippen LogP contribution in [-0.2, 0) is 11.3 Å². The summed E-state index contributed by atoms with van der Waals surface area (Å²) in [6.45, 7) is 2.10. The summed E-state index contributed by atoms with van der Waals surface area (Å²) in [6.07, 6.45) is 8.53. The summed E-state index contributed by atoms with van der Waals surface area (Å²) < 4.78 is 0. The highest BCUT2D eigenvalue weighted by atomic mass is 16.2. The lowest BCUT2D eigenvalue weighted by molar-refractivity contribution is -0.133. The number of fused-ring (bicyclic) bond motifs is 1. The molecule has 1 saturated carbocycles. The second-order valence-corrected chi connectivity index (χ2v) is 8.42. The quantitative estimate of drug-likeness (QED) is 0.886. The molecule has 2 saturated heterocycles. The number of likely N-dealkylation sites (tertiary alicyclic amines) is 2. The van der Waals surface area contributed by atoms with Crippen LogP contribution < -0.4 is 5.32 Å². The van der Waals surface area contributed by atoms with Crippen molar-refractivity contribution in [1.82, 2.24) is 15.1 Å². The molecule has 2 aliphatic heterocycles. The SMILES string of the molecule is O=C(NC1CCCCC1)N1CC2CCCC(=O)N(Cc3ccccc3)C2C1. The average Bonchev–Trinajstić information content (AvgIpc) is 3.06. The van der Waals surface area contributed by atoms with Crippen molar-refractivity contribution in [1.29, 1.82) is 0 Å². The van der Waals surface area contributed by atoms with Crippen molar-refractivity contribution in [3.8, 4) is 0 Å². The van der Waals surface area contributed by atoms with Crippen LogP contribution in [0.3, 0.4) is 0 Å². The molecule has 0 bridgehead atoms. The topological polar surface area (TPSA) is 52.7 Å². The first-order chi connectivity index (χ1) is 13.2. The third kappa shape index (κ3) is 4.28. The molecular formula is C22H31N3O2. The minimum atomic E-state index is 0.0714. The van der Waals surface area contributed by atoms with E-state index >= 15 is 0 Å². The standard InChI is InChI=1S/C22H31N3O2/c26-21-13-7-10-18-15-24(22(27)23-19-11-5-2-6-12-19)16-20(18)25(21)14-17-8-3-1-4-9-17/h1,3-4,8-9,18-20H,2,5-7,10-16H2,(H,23,27). The highest BCUT2D eigenvalue weighted by molar-refractivity contribution is 5.78. The summed E-state index contributed by atoms with van der Waals surface area (Å²) in [5.41, 5.74) is 1.16. The maximum absolute atomic E-state index is 12.8. The lowest BCUT2D eigenvalue weighted by atomic mass is 9.96. The molecule has 1 aromatic rings. The van der Waals surface area contributed by atoms with E-state index in [-0.39, 0.29) is 18.0 Å². The van der Waals surface area contributed by atoms with Gasteiger partial charge in [0.05, 0.1) is 6.04 Å². The van der Waals surface area contributed by atoms with Crippen molar-refractivity contribution in [2.75, 3.05) is 13.1 Å². The zero-order valence-corrected chi connectivity index (χ0v) is 16.1. The molecule has 27 heavy (non-hydrogen) atoms. The molecule has 1 aliphatic carbocycles. The van der Waals surface area contributed by atoms with Crippen LogP contribution in [0, 0.1) is 5.92 Å². The largest absolute Gasteiger partial charge is 0.335 e. The van der Waals surface area contributed by atoms with E-state index in [1.807, 2.05) is 28.0 Å². The van der Waals surface area contributed by atoms with E-state index in [9.17, 15) is 9.59 Å². The fraction of sp³-hybridized carbons (Fsp3) is 0.636. The molecule has 1 N–H and O–H groups in total. The van der Waals surface area contributed by atoms with Crippen molar-refractivity contribution in [3.05, 3.63) is 35.9 Å². The summed E-state index contributed by atoms with van der Waals surface area (Å²) in [7, 11) is 0. The van der Waals surface area contributed by atoms with E-state index in [0.717, 1.165) is 37.8 Å². The van der Waals surface area contributed by atoms with Gasteiger partial charge in [0.15, 0.2) is 0 Å². The minimum Gasteiger partial charge on any atom is -0.335 e. The number of rotatable bonds is 3. The van der Waals surface area contributed by atoms with Gasteiger partial charge in [0.2, 0.25) is 5.91 Å². The zero-order chi connectivity index (χ0) is 18.6. The van der Waals surface area contributed by atoms with Gasteiger partial charge in [0, 0.05) is 32.1 Å². The predicted octanol–water partition coefficient (Wildman–Crippen LogP) is 3.54. The molecule has 0 radical (unpaired) electrons. The normalized spacial score (nSPS) is 26.6. The Balaban J connectivity index is 1.43. The van der Waals surface area contributed by atoms with Gasteiger partial charge in [0.1, 0.15) is 0 Å². The maximum Gasteiger partial charge on any atom is 0.317 e. The second-order valence-electron chi connectivity index (χ2n) is 8.42. The smallest absolute Gasteiger partial charge is 0.317 e. The van der Waals surface area contributed by atoms with Crippen LogP contribution in [0.15, 0.2) is 30.3 Å². The molecule has 3 aliphatic rings. The van der Waals surface area contributed by atoms with Crippen LogP contribution in [0.1, 0.15) is 56.9 Å². The van der Waals surface area contributed by atoms with Crippen LogP contribution >= 0.6 is 0 Å². The van der Waals surface area contributed by atoms with E-state index in [0.29, 0.717) is 31.5 Å². The molecule has 4 rings (SSSR count). The number of benzene rings is 1. The summed E-state index contributed by atoms with van der Waals surface area (Å²) >= 11 is 0. The average molecular weight is 370 g/mol. The van der Waals surface area contributed by atoms with Gasteiger partial charge >= 0.3 is 6.03 Å². The Morgan fingerprint density at radius 1 is 1.00 bits per heavy atom. The van der Waals surface area contributed by atoms with Gasteiger partial charge in [-0.25, -0.2) is 4.79 Å². The highest BCUT2D eigenvalue weighted by Gasteiger charge is 2.42. The number of carbonyl (C=O) groups is 2. The first-order valence-electron chi connectivity index (χ1n) is 10.6. The van der Waals surface area contributed by atoms with Crippen LogP contribution in [0.2, 0.25) is 0 Å². The Kier molecular flexibility index (Phi) is 5.65. The van der Waals surface area contributed by atoms with Crippen molar-refractivity contribution in [2.45, 2.75) is 70.0 Å². The van der Waals surface area contributed by atoms with Crippen LogP contribution in [0.25, 0.3) is 0 Å². The van der Waals surface area contributed by atoms with Crippen molar-refractivity contribution >= 4 is 11.9 Å². The lowest BCUT2D eigenvalue weighted by Gasteiger charge is -2.30. The number of hydrogen-bond donors (Lipinski definition) is 1.